The smallest absolute Gasteiger partial charge is 0.257 e. The van der Waals surface area contributed by atoms with E-state index in [1.165, 1.54) is 261 Å². The Kier molecular flexibility index (Phi) is 36.6. The molecule has 132 heavy (non-hydrogen) atoms. The number of fused-ring (bicyclic) bond motifs is 9. The summed E-state index contributed by atoms with van der Waals surface area (Å²) in [6.45, 7) is 30.3. The number of amides is 1. The predicted octanol–water partition coefficient (Wildman–Crippen LogP) is 29.8. The van der Waals surface area contributed by atoms with E-state index in [0.717, 1.165) is 143 Å². The molecule has 9 aromatic heterocycles. The highest BCUT2D eigenvalue weighted by Crippen LogP contribution is 2.47. The number of nitrogens with one attached hydrogen (secondary N) is 2. The Morgan fingerprint density at radius 1 is 0.364 bits per heavy atom. The summed E-state index contributed by atoms with van der Waals surface area (Å²) in [6, 6.07) is 40.6. The Morgan fingerprint density at radius 2 is 0.712 bits per heavy atom. The summed E-state index contributed by atoms with van der Waals surface area (Å²) in [5.41, 5.74) is 22.7. The first-order valence-electron chi connectivity index (χ1n) is 47.0. The zero-order valence-corrected chi connectivity index (χ0v) is 87.3. The topological polar surface area (TPSA) is 255 Å². The summed E-state index contributed by atoms with van der Waals surface area (Å²) < 4.78 is 0. The molecule has 2 N–H and O–H groups in total. The Bertz CT molecular complexity index is 6370. The van der Waals surface area contributed by atoms with Crippen molar-refractivity contribution in [1.29, 1.82) is 47.4 Å². The number of nitriles is 9. The Hall–Kier alpha value is -9.49. The number of anilines is 1. The Morgan fingerprint density at radius 3 is 1.18 bits per heavy atom. The molecule has 11 aromatic rings. The van der Waals surface area contributed by atoms with E-state index in [9.17, 15) is 15.3 Å². The first-order valence-corrected chi connectivity index (χ1v) is 54.7. The molecule has 0 saturated carbocycles. The lowest BCUT2D eigenvalue weighted by Crippen LogP contribution is -2.34. The molecule has 1 amide bonds. The molecule has 12 nitrogen and oxygen atoms in total. The second-order valence-corrected chi connectivity index (χ2v) is 49.2. The largest absolute Gasteiger partial charge is 0.323 e. The van der Waals surface area contributed by atoms with Crippen molar-refractivity contribution < 1.29 is 4.79 Å². The van der Waals surface area contributed by atoms with Gasteiger partial charge in [-0.3, -0.25) is 10.1 Å². The molecule has 5 atom stereocenters. The van der Waals surface area contributed by atoms with Gasteiger partial charge in [0.05, 0.1) is 50.1 Å². The van der Waals surface area contributed by atoms with Crippen LogP contribution in [0.3, 0.4) is 0 Å². The predicted molar refractivity (Wildman–Crippen MR) is 556 cm³/mol. The number of rotatable bonds is 4. The average Bonchev–Trinajstić information content (AvgIpc) is 1.68. The minimum atomic E-state index is -0.263. The molecule has 5 unspecified atom stereocenters. The van der Waals surface area contributed by atoms with Gasteiger partial charge in [0.1, 0.15) is 59.6 Å². The fourth-order valence-electron chi connectivity index (χ4n) is 20.1. The molecule has 2 aromatic carbocycles. The SMILES string of the molecule is CCC1CCc2c(sc(C)c2C#N)C1.Cc1sc2c(c1C#N)C(C)CCC2.Cc1sc2c(c1C#N)CCC(C(C)(C)C)C2.Cc1sc2c(c1C#N)CCC(C)C2.Cc1sc2c(c1C#N)CCC(c1ccccc1)C2.Cc1sc2c(c1C#N)CCC2.Cc1sc2c(c1C#N)CCCC2.Cc1sc2c(c1C#N)CCCCC2.N#Cc1c(NC(=S)NC(=O)c2ccccc2)sc2c1CCC2. The van der Waals surface area contributed by atoms with Gasteiger partial charge < -0.3 is 5.32 Å². The summed E-state index contributed by atoms with van der Waals surface area (Å²) in [6.07, 6.45) is 36.7. The van der Waals surface area contributed by atoms with E-state index in [1.807, 2.05) is 92.3 Å². The lowest BCUT2D eigenvalue weighted by atomic mass is 9.72. The molecular formula is C110H121N11OS10. The van der Waals surface area contributed by atoms with Gasteiger partial charge in [0, 0.05) is 88.5 Å². The Labute approximate surface area is 826 Å². The molecular weight excluding hydrogens is 1810 g/mol. The molecule has 0 aliphatic heterocycles. The molecule has 9 heterocycles. The van der Waals surface area contributed by atoms with Crippen molar-refractivity contribution in [2.24, 2.45) is 23.2 Å². The fraction of sp³-hybridized carbons (Fsp3) is 0.464. The van der Waals surface area contributed by atoms with E-state index >= 15 is 0 Å². The average molecular weight is 1930 g/mol. The fourth-order valence-corrected chi connectivity index (χ4v) is 31.6. The minimum Gasteiger partial charge on any atom is -0.323 e. The highest BCUT2D eigenvalue weighted by atomic mass is 32.1. The summed E-state index contributed by atoms with van der Waals surface area (Å²) in [5, 5.41) is 88.1. The number of benzene rings is 2. The maximum absolute atomic E-state index is 12.0. The van der Waals surface area contributed by atoms with Crippen LogP contribution in [0.25, 0.3) is 0 Å². The van der Waals surface area contributed by atoms with E-state index in [-0.39, 0.29) is 11.0 Å². The van der Waals surface area contributed by atoms with E-state index in [0.29, 0.717) is 28.4 Å². The van der Waals surface area contributed by atoms with Gasteiger partial charge in [0.15, 0.2) is 5.11 Å². The summed E-state index contributed by atoms with van der Waals surface area (Å²) in [5.74, 6) is 3.39. The summed E-state index contributed by atoms with van der Waals surface area (Å²) >= 11 is 21.3. The monoisotopic (exact) mass is 1930 g/mol. The molecule has 22 heteroatoms. The van der Waals surface area contributed by atoms with Gasteiger partial charge in [-0.25, -0.2) is 0 Å². The first-order chi connectivity index (χ1) is 63.6. The van der Waals surface area contributed by atoms with Crippen LogP contribution in [0.4, 0.5) is 5.00 Å². The molecule has 0 radical (unpaired) electrons. The Balaban J connectivity index is 0.000000135. The van der Waals surface area contributed by atoms with Crippen molar-refractivity contribution in [3.63, 3.8) is 0 Å². The van der Waals surface area contributed by atoms with Gasteiger partial charge in [-0.2, -0.15) is 47.4 Å². The first kappa shape index (κ1) is 101. The van der Waals surface area contributed by atoms with Gasteiger partial charge >= 0.3 is 0 Å². The van der Waals surface area contributed by atoms with Crippen molar-refractivity contribution in [1.82, 2.24) is 5.32 Å². The normalized spacial score (nSPS) is 17.4. The molecule has 0 fully saturated rings. The van der Waals surface area contributed by atoms with Crippen LogP contribution >= 0.6 is 114 Å². The van der Waals surface area contributed by atoms with E-state index in [1.54, 1.807) is 46.9 Å². The molecule has 682 valence electrons. The van der Waals surface area contributed by atoms with Crippen LogP contribution < -0.4 is 10.6 Å². The molecule has 0 saturated heterocycles. The molecule has 0 bridgehead atoms. The number of hydrogen-bond acceptors (Lipinski definition) is 20. The number of nitrogens with zero attached hydrogens (tertiary/aromatic N) is 9. The third-order valence-corrected chi connectivity index (χ3v) is 38.3. The number of thiophene rings is 9. The third kappa shape index (κ3) is 24.4. The van der Waals surface area contributed by atoms with Crippen molar-refractivity contribution in [3.05, 3.63) is 255 Å². The molecule has 20 rings (SSSR count). The van der Waals surface area contributed by atoms with Crippen LogP contribution in [0.15, 0.2) is 60.7 Å². The lowest BCUT2D eigenvalue weighted by Gasteiger charge is -2.33. The lowest BCUT2D eigenvalue weighted by molar-refractivity contribution is 0.0977. The van der Waals surface area contributed by atoms with Crippen LogP contribution in [0.5, 0.6) is 0 Å². The zero-order chi connectivity index (χ0) is 94.6. The molecule has 9 aliphatic carbocycles. The van der Waals surface area contributed by atoms with Gasteiger partial charge in [0.2, 0.25) is 0 Å². The summed E-state index contributed by atoms with van der Waals surface area (Å²) in [4.78, 5) is 34.7. The highest BCUT2D eigenvalue weighted by molar-refractivity contribution is 7.80. The van der Waals surface area contributed by atoms with Crippen molar-refractivity contribution in [3.8, 4) is 54.6 Å². The molecule has 0 spiro atoms. The van der Waals surface area contributed by atoms with Gasteiger partial charge in [0.25, 0.3) is 5.91 Å². The van der Waals surface area contributed by atoms with Crippen molar-refractivity contribution in [2.45, 2.75) is 308 Å². The van der Waals surface area contributed by atoms with Gasteiger partial charge in [-0.15, -0.1) is 102 Å². The van der Waals surface area contributed by atoms with E-state index in [2.05, 4.69) is 186 Å². The zero-order valence-electron chi connectivity index (χ0n) is 79.1. The molecule has 9 aliphatic rings. The van der Waals surface area contributed by atoms with Crippen LogP contribution in [-0.4, -0.2) is 11.0 Å². The van der Waals surface area contributed by atoms with E-state index in [4.69, 9.17) is 49.1 Å². The second-order valence-electron chi connectivity index (χ2n) is 37.2. The number of hydrogen-bond donors (Lipinski definition) is 2. The number of aryl methyl sites for hydroxylation is 13. The van der Waals surface area contributed by atoms with Gasteiger partial charge in [-0.05, 0) is 357 Å². The maximum Gasteiger partial charge on any atom is 0.257 e. The number of carbonyl (C=O) groups is 1. The van der Waals surface area contributed by atoms with Crippen LogP contribution in [0, 0.1) is 181 Å². The standard InChI is InChI=1S/C16H13N3OS2.C16H15NS.C14H19NS.C12H15NS.3C11H13NS.C10H11NS.C9H9NS/c17-9-12-11-7-4-8-13(11)22-15(12)19-16(21)18-14(20)10-5-2-1-3-6-10;1-11-15(10-17)14-8-7-13(9-16(14)18-11)12-5-3-2-4-6-12;1-9-12(8-15)11-6-5-10(14(2,3)4)7-13(11)16-9;1-3-9-4-5-10-11(7-13)8(2)14-12(10)6-9;1-7-3-4-9-10(6-12)8(2)13-11(9)5-7;1-7-4-3-5-10-11(7)9(6-12)8(2)13-10;1-8-10(7-12)9-5-3-2-4-6-11(9)13-8;1-7-9(6-11)8-4-2-3-5-10(8)12-7;1-6-8(5-10)7-3-2-4-9(7)11-6/h1-3,5-6H,4,7-8H2,(H2,18,19,20,21);2-6,13H,7-9H2,1H3;10H,5-7H2,1-4H3;9H,3-6H2,1-2H3;2*7H,3-5H2,1-2H3;2-6H2,1H3;2-5H2,1H3;2-4H2,1H3. The maximum atomic E-state index is 12.0. The number of carbonyl (C=O) groups excluding carboxylic acids is 1. The van der Waals surface area contributed by atoms with Crippen LogP contribution in [0.1, 0.15) is 342 Å². The highest BCUT2D eigenvalue weighted by Gasteiger charge is 2.34. The quantitative estimate of drug-likeness (QED) is 0.123. The van der Waals surface area contributed by atoms with Crippen molar-refractivity contribution >= 4 is 130 Å². The van der Waals surface area contributed by atoms with Crippen LogP contribution in [0.2, 0.25) is 0 Å². The second kappa shape index (κ2) is 47.6. The van der Waals surface area contributed by atoms with Gasteiger partial charge in [-0.1, -0.05) is 103 Å². The van der Waals surface area contributed by atoms with Crippen LogP contribution in [-0.2, 0) is 109 Å². The minimum absolute atomic E-state index is 0.213. The summed E-state index contributed by atoms with van der Waals surface area (Å²) in [7, 11) is 0. The van der Waals surface area contributed by atoms with Crippen molar-refractivity contribution in [2.75, 3.05) is 5.32 Å². The number of thiocarbonyl (C=S) groups is 1. The third-order valence-electron chi connectivity index (χ3n) is 27.4. The van der Waals surface area contributed by atoms with E-state index < -0.39 is 0 Å².